The first kappa shape index (κ1) is 15.3. The molecule has 2 N–H and O–H groups in total. The number of fused-ring (bicyclic) bond motifs is 1. The molecule has 0 atom stereocenters. The highest BCUT2D eigenvalue weighted by atomic mass is 15.3. The van der Waals surface area contributed by atoms with Crippen molar-refractivity contribution in [3.63, 3.8) is 0 Å². The third-order valence-electron chi connectivity index (χ3n) is 4.27. The van der Waals surface area contributed by atoms with Crippen molar-refractivity contribution in [2.75, 3.05) is 5.73 Å². The van der Waals surface area contributed by atoms with Gasteiger partial charge in [0.15, 0.2) is 5.65 Å². The van der Waals surface area contributed by atoms with E-state index in [9.17, 15) is 0 Å². The lowest BCUT2D eigenvalue weighted by Crippen LogP contribution is -2.04. The summed E-state index contributed by atoms with van der Waals surface area (Å²) in [5.74, 6) is 0.457. The van der Waals surface area contributed by atoms with Gasteiger partial charge >= 0.3 is 0 Å². The van der Waals surface area contributed by atoms with Crippen molar-refractivity contribution in [1.82, 2.24) is 19.7 Å². The van der Waals surface area contributed by atoms with Gasteiger partial charge in [-0.05, 0) is 25.0 Å². The molecule has 124 valence electrons. The van der Waals surface area contributed by atoms with Gasteiger partial charge in [-0.25, -0.2) is 14.6 Å². The highest BCUT2D eigenvalue weighted by Gasteiger charge is 2.18. The molecule has 2 heterocycles. The van der Waals surface area contributed by atoms with Crippen molar-refractivity contribution in [1.29, 1.82) is 0 Å². The maximum absolute atomic E-state index is 6.12. The van der Waals surface area contributed by atoms with E-state index in [1.807, 2.05) is 22.9 Å². The van der Waals surface area contributed by atoms with Gasteiger partial charge in [0, 0.05) is 11.6 Å². The Morgan fingerprint density at radius 1 is 0.840 bits per heavy atom. The molecular formula is C20H19N5. The SMILES string of the molecule is CC(C)n1nc(-c2ccc(-c3ccccc3)cc2)c2c(N)ncnc21. The summed E-state index contributed by atoms with van der Waals surface area (Å²) in [6, 6.07) is 18.8. The molecule has 0 aliphatic carbocycles. The van der Waals surface area contributed by atoms with Crippen LogP contribution in [0.25, 0.3) is 33.4 Å². The van der Waals surface area contributed by atoms with Crippen LogP contribution in [0.2, 0.25) is 0 Å². The predicted molar refractivity (Wildman–Crippen MR) is 101 cm³/mol. The molecule has 2 aromatic carbocycles. The van der Waals surface area contributed by atoms with Crippen molar-refractivity contribution in [3.05, 3.63) is 60.9 Å². The van der Waals surface area contributed by atoms with Crippen LogP contribution in [0.5, 0.6) is 0 Å². The molecule has 5 nitrogen and oxygen atoms in total. The minimum atomic E-state index is 0.189. The molecule has 0 saturated carbocycles. The number of nitrogens with two attached hydrogens (primary N) is 1. The normalized spacial score (nSPS) is 11.3. The van der Waals surface area contributed by atoms with Crippen LogP contribution in [0, 0.1) is 0 Å². The average molecular weight is 329 g/mol. The van der Waals surface area contributed by atoms with Crippen LogP contribution in [0.3, 0.4) is 0 Å². The molecule has 0 aliphatic heterocycles. The zero-order chi connectivity index (χ0) is 17.4. The summed E-state index contributed by atoms with van der Waals surface area (Å²) < 4.78 is 1.90. The Bertz CT molecular complexity index is 1020. The Balaban J connectivity index is 1.85. The Morgan fingerprint density at radius 2 is 1.48 bits per heavy atom. The number of hydrogen-bond donors (Lipinski definition) is 1. The molecule has 0 amide bonds. The van der Waals surface area contributed by atoms with Crippen molar-refractivity contribution in [2.24, 2.45) is 0 Å². The maximum atomic E-state index is 6.12. The van der Waals surface area contributed by atoms with Gasteiger partial charge in [0.05, 0.1) is 5.39 Å². The second-order valence-electron chi connectivity index (χ2n) is 6.29. The number of aromatic nitrogens is 4. The van der Waals surface area contributed by atoms with Gasteiger partial charge in [-0.1, -0.05) is 54.6 Å². The van der Waals surface area contributed by atoms with Crippen LogP contribution >= 0.6 is 0 Å². The van der Waals surface area contributed by atoms with Gasteiger partial charge in [-0.15, -0.1) is 0 Å². The highest BCUT2D eigenvalue weighted by Crippen LogP contribution is 2.32. The standard InChI is InChI=1S/C20H19N5/c1-13(2)25-20-17(19(21)22-12-23-20)18(24-25)16-10-8-15(9-11-16)14-6-4-3-5-7-14/h3-13H,1-2H3,(H2,21,22,23). The van der Waals surface area contributed by atoms with Crippen molar-refractivity contribution >= 4 is 16.9 Å². The highest BCUT2D eigenvalue weighted by molar-refractivity contribution is 5.98. The molecule has 0 unspecified atom stereocenters. The fraction of sp³-hybridized carbons (Fsp3) is 0.150. The van der Waals surface area contributed by atoms with E-state index in [1.165, 1.54) is 17.5 Å². The van der Waals surface area contributed by atoms with Crippen LogP contribution in [0.15, 0.2) is 60.9 Å². The van der Waals surface area contributed by atoms with Crippen molar-refractivity contribution < 1.29 is 0 Å². The van der Waals surface area contributed by atoms with Crippen LogP contribution in [-0.4, -0.2) is 19.7 Å². The summed E-state index contributed by atoms with van der Waals surface area (Å²) in [6.45, 7) is 4.15. The Hall–Kier alpha value is -3.21. The summed E-state index contributed by atoms with van der Waals surface area (Å²) >= 11 is 0. The second kappa shape index (κ2) is 6.02. The first-order chi connectivity index (χ1) is 12.1. The van der Waals surface area contributed by atoms with E-state index in [0.717, 1.165) is 22.3 Å². The number of rotatable bonds is 3. The minimum absolute atomic E-state index is 0.189. The Kier molecular flexibility index (Phi) is 3.69. The summed E-state index contributed by atoms with van der Waals surface area (Å²) in [6.07, 6.45) is 1.49. The smallest absolute Gasteiger partial charge is 0.164 e. The quantitative estimate of drug-likeness (QED) is 0.607. The lowest BCUT2D eigenvalue weighted by Gasteiger charge is -2.05. The van der Waals surface area contributed by atoms with Crippen LogP contribution in [-0.2, 0) is 0 Å². The zero-order valence-electron chi connectivity index (χ0n) is 14.2. The third-order valence-corrected chi connectivity index (χ3v) is 4.27. The lowest BCUT2D eigenvalue weighted by molar-refractivity contribution is 0.548. The van der Waals surface area contributed by atoms with Crippen LogP contribution in [0.1, 0.15) is 19.9 Å². The van der Waals surface area contributed by atoms with E-state index in [1.54, 1.807) is 0 Å². The van der Waals surface area contributed by atoms with E-state index in [-0.39, 0.29) is 6.04 Å². The second-order valence-corrected chi connectivity index (χ2v) is 6.29. The zero-order valence-corrected chi connectivity index (χ0v) is 14.2. The summed E-state index contributed by atoms with van der Waals surface area (Å²) in [5.41, 5.74) is 11.1. The molecule has 5 heteroatoms. The Morgan fingerprint density at radius 3 is 2.16 bits per heavy atom. The van der Waals surface area contributed by atoms with E-state index in [0.29, 0.717) is 5.82 Å². The fourth-order valence-corrected chi connectivity index (χ4v) is 3.01. The maximum Gasteiger partial charge on any atom is 0.164 e. The topological polar surface area (TPSA) is 69.6 Å². The third kappa shape index (κ3) is 2.63. The fourth-order valence-electron chi connectivity index (χ4n) is 3.01. The number of benzene rings is 2. The first-order valence-electron chi connectivity index (χ1n) is 8.29. The molecule has 4 rings (SSSR count). The summed E-state index contributed by atoms with van der Waals surface area (Å²) in [4.78, 5) is 8.53. The van der Waals surface area contributed by atoms with E-state index >= 15 is 0 Å². The monoisotopic (exact) mass is 329 g/mol. The van der Waals surface area contributed by atoms with Gasteiger partial charge in [0.25, 0.3) is 0 Å². The number of anilines is 1. The predicted octanol–water partition coefficient (Wildman–Crippen LogP) is 4.32. The van der Waals surface area contributed by atoms with Gasteiger partial charge in [0.2, 0.25) is 0 Å². The Labute approximate surface area is 146 Å². The largest absolute Gasteiger partial charge is 0.383 e. The van der Waals surface area contributed by atoms with E-state index in [4.69, 9.17) is 10.8 Å². The number of nitrogens with zero attached hydrogens (tertiary/aromatic N) is 4. The number of hydrogen-bond acceptors (Lipinski definition) is 4. The molecule has 0 spiro atoms. The molecule has 0 radical (unpaired) electrons. The molecule has 4 aromatic rings. The average Bonchev–Trinajstić information content (AvgIpc) is 3.04. The van der Waals surface area contributed by atoms with E-state index in [2.05, 4.69) is 60.2 Å². The van der Waals surface area contributed by atoms with Crippen molar-refractivity contribution in [3.8, 4) is 22.4 Å². The van der Waals surface area contributed by atoms with Gasteiger partial charge in [-0.2, -0.15) is 5.10 Å². The lowest BCUT2D eigenvalue weighted by atomic mass is 10.0. The van der Waals surface area contributed by atoms with Crippen molar-refractivity contribution in [2.45, 2.75) is 19.9 Å². The van der Waals surface area contributed by atoms with Gasteiger partial charge in [-0.3, -0.25) is 0 Å². The summed E-state index contributed by atoms with van der Waals surface area (Å²) in [5, 5.41) is 5.57. The van der Waals surface area contributed by atoms with Crippen LogP contribution < -0.4 is 5.73 Å². The molecule has 25 heavy (non-hydrogen) atoms. The molecule has 2 aromatic heterocycles. The molecule has 0 fully saturated rings. The minimum Gasteiger partial charge on any atom is -0.383 e. The van der Waals surface area contributed by atoms with Gasteiger partial charge in [0.1, 0.15) is 17.8 Å². The van der Waals surface area contributed by atoms with Gasteiger partial charge < -0.3 is 5.73 Å². The summed E-state index contributed by atoms with van der Waals surface area (Å²) in [7, 11) is 0. The molecule has 0 saturated heterocycles. The molecule has 0 aliphatic rings. The van der Waals surface area contributed by atoms with E-state index < -0.39 is 0 Å². The molecule has 0 bridgehead atoms. The molecular weight excluding hydrogens is 310 g/mol. The first-order valence-corrected chi connectivity index (χ1v) is 8.29. The van der Waals surface area contributed by atoms with Crippen LogP contribution in [0.4, 0.5) is 5.82 Å². The number of nitrogen functional groups attached to an aromatic ring is 1.